The van der Waals surface area contributed by atoms with Crippen molar-refractivity contribution in [2.45, 2.75) is 36.3 Å². The van der Waals surface area contributed by atoms with Crippen molar-refractivity contribution < 1.29 is 43.2 Å². The number of benzene rings is 6. The van der Waals surface area contributed by atoms with Crippen LogP contribution >= 0.6 is 0 Å². The standard InChI is InChI=1S/C46H38O9/c47-42(32-19-7-1-8-20-32)53-39-38(31-51-46(35-25-13-4-14-26-35,36-27-15-5-16-28-36)37-29-17-6-18-30-37)52-45(50)41(55-44(49)34-23-11-3-12-24-34)40(39)54-43(48)33-21-9-2-10-22-33/h1-30,38-41,45,50H,31H2/t38-,39-,40-,41+,45-/m1/s1. The van der Waals surface area contributed by atoms with Crippen molar-refractivity contribution in [2.24, 2.45) is 0 Å². The number of esters is 3. The molecule has 0 aliphatic carbocycles. The Labute approximate surface area is 318 Å². The molecule has 1 fully saturated rings. The number of hydrogen-bond acceptors (Lipinski definition) is 9. The van der Waals surface area contributed by atoms with Crippen LogP contribution in [0.3, 0.4) is 0 Å². The van der Waals surface area contributed by atoms with Crippen LogP contribution in [0.4, 0.5) is 0 Å². The molecule has 1 heterocycles. The van der Waals surface area contributed by atoms with Crippen LogP contribution in [-0.4, -0.2) is 60.3 Å². The molecule has 7 rings (SSSR count). The summed E-state index contributed by atoms with van der Waals surface area (Å²) in [4.78, 5) is 41.0. The van der Waals surface area contributed by atoms with Gasteiger partial charge in [-0.05, 0) is 53.1 Å². The molecule has 5 atom stereocenters. The summed E-state index contributed by atoms with van der Waals surface area (Å²) in [6.07, 6.45) is -7.70. The molecule has 9 nitrogen and oxygen atoms in total. The molecule has 0 amide bonds. The molecule has 0 spiro atoms. The lowest BCUT2D eigenvalue weighted by atomic mass is 9.80. The minimum absolute atomic E-state index is 0.185. The number of carbonyl (C=O) groups excluding carboxylic acids is 3. The van der Waals surface area contributed by atoms with Crippen LogP contribution < -0.4 is 0 Å². The lowest BCUT2D eigenvalue weighted by Crippen LogP contribution is -2.62. The first-order chi connectivity index (χ1) is 26.9. The number of aliphatic hydroxyl groups is 1. The average Bonchev–Trinajstić information content (AvgIpc) is 3.25. The number of carbonyl (C=O) groups is 3. The van der Waals surface area contributed by atoms with E-state index < -0.39 is 54.2 Å². The summed E-state index contributed by atoms with van der Waals surface area (Å²) < 4.78 is 31.3. The van der Waals surface area contributed by atoms with Crippen LogP contribution in [0, 0.1) is 0 Å². The first-order valence-corrected chi connectivity index (χ1v) is 17.9. The highest BCUT2D eigenvalue weighted by atomic mass is 16.7. The summed E-state index contributed by atoms with van der Waals surface area (Å²) in [5.41, 5.74) is 1.75. The second-order valence-corrected chi connectivity index (χ2v) is 12.9. The first kappa shape index (κ1) is 36.9. The maximum Gasteiger partial charge on any atom is 0.338 e. The molecule has 0 bridgehead atoms. The monoisotopic (exact) mass is 734 g/mol. The molecule has 1 aliphatic heterocycles. The van der Waals surface area contributed by atoms with Crippen molar-refractivity contribution in [1.29, 1.82) is 0 Å². The predicted octanol–water partition coefficient (Wildman–Crippen LogP) is 7.39. The van der Waals surface area contributed by atoms with E-state index in [1.54, 1.807) is 91.0 Å². The number of ether oxygens (including phenoxy) is 5. The normalized spacial score (nSPS) is 19.5. The van der Waals surface area contributed by atoms with Crippen LogP contribution in [0.5, 0.6) is 0 Å². The third kappa shape index (κ3) is 8.24. The Morgan fingerprint density at radius 2 is 0.764 bits per heavy atom. The van der Waals surface area contributed by atoms with E-state index in [9.17, 15) is 19.5 Å². The Kier molecular flexibility index (Phi) is 11.5. The SMILES string of the molecule is O=C(O[C@H]1[C@H](OC(=O)c2ccccc2)[C@H](O)O[C@H](COC(c2ccccc2)(c2ccccc2)c2ccccc2)[C@H]1OC(=O)c1ccccc1)c1ccccc1. The fourth-order valence-corrected chi connectivity index (χ4v) is 6.70. The van der Waals surface area contributed by atoms with E-state index in [0.29, 0.717) is 0 Å². The summed E-state index contributed by atoms with van der Waals surface area (Å²) >= 11 is 0. The van der Waals surface area contributed by atoms with Gasteiger partial charge >= 0.3 is 17.9 Å². The van der Waals surface area contributed by atoms with Gasteiger partial charge in [-0.25, -0.2) is 14.4 Å². The summed E-state index contributed by atoms with van der Waals surface area (Å²) in [6, 6.07) is 53.5. The second-order valence-electron chi connectivity index (χ2n) is 12.9. The van der Waals surface area contributed by atoms with E-state index in [-0.39, 0.29) is 23.3 Å². The van der Waals surface area contributed by atoms with Crippen LogP contribution in [0.1, 0.15) is 47.8 Å². The molecule has 0 radical (unpaired) electrons. The molecule has 276 valence electrons. The van der Waals surface area contributed by atoms with Crippen molar-refractivity contribution in [3.63, 3.8) is 0 Å². The maximum absolute atomic E-state index is 13.8. The van der Waals surface area contributed by atoms with Gasteiger partial charge in [0.05, 0.1) is 23.3 Å². The third-order valence-corrected chi connectivity index (χ3v) is 9.37. The van der Waals surface area contributed by atoms with Gasteiger partial charge in [0.15, 0.2) is 24.6 Å². The summed E-state index contributed by atoms with van der Waals surface area (Å²) in [5.74, 6) is -2.37. The predicted molar refractivity (Wildman–Crippen MR) is 203 cm³/mol. The molecule has 6 aromatic rings. The van der Waals surface area contributed by atoms with Crippen molar-refractivity contribution in [3.05, 3.63) is 215 Å². The van der Waals surface area contributed by atoms with Crippen molar-refractivity contribution in [2.75, 3.05) is 6.61 Å². The molecule has 9 heteroatoms. The zero-order valence-corrected chi connectivity index (χ0v) is 29.6. The first-order valence-electron chi connectivity index (χ1n) is 17.9. The van der Waals surface area contributed by atoms with Crippen LogP contribution in [0.2, 0.25) is 0 Å². The molecule has 1 N–H and O–H groups in total. The van der Waals surface area contributed by atoms with E-state index in [4.69, 9.17) is 23.7 Å². The molecule has 6 aromatic carbocycles. The summed E-state index contributed by atoms with van der Waals surface area (Å²) in [7, 11) is 0. The minimum Gasteiger partial charge on any atom is -0.452 e. The maximum atomic E-state index is 13.8. The van der Waals surface area contributed by atoms with Crippen molar-refractivity contribution in [3.8, 4) is 0 Å². The third-order valence-electron chi connectivity index (χ3n) is 9.37. The van der Waals surface area contributed by atoms with Gasteiger partial charge in [0.1, 0.15) is 11.7 Å². The Morgan fingerprint density at radius 1 is 0.455 bits per heavy atom. The van der Waals surface area contributed by atoms with Gasteiger partial charge in [0.2, 0.25) is 0 Å². The Balaban J connectivity index is 1.31. The van der Waals surface area contributed by atoms with Crippen molar-refractivity contribution in [1.82, 2.24) is 0 Å². The van der Waals surface area contributed by atoms with Crippen LogP contribution in [0.25, 0.3) is 0 Å². The van der Waals surface area contributed by atoms with Gasteiger partial charge in [-0.1, -0.05) is 146 Å². The van der Waals surface area contributed by atoms with Crippen molar-refractivity contribution >= 4 is 17.9 Å². The number of rotatable bonds is 12. The molecule has 0 saturated carbocycles. The van der Waals surface area contributed by atoms with E-state index in [0.717, 1.165) is 16.7 Å². The van der Waals surface area contributed by atoms with Gasteiger partial charge in [-0.15, -0.1) is 0 Å². The van der Waals surface area contributed by atoms with E-state index in [1.165, 1.54) is 0 Å². The topological polar surface area (TPSA) is 118 Å². The van der Waals surface area contributed by atoms with Gasteiger partial charge < -0.3 is 28.8 Å². The molecule has 1 aliphatic rings. The highest BCUT2D eigenvalue weighted by Gasteiger charge is 2.53. The van der Waals surface area contributed by atoms with Gasteiger partial charge in [-0.3, -0.25) is 0 Å². The Morgan fingerprint density at radius 3 is 1.13 bits per heavy atom. The summed E-state index contributed by atoms with van der Waals surface area (Å²) in [6.45, 7) is -0.290. The van der Waals surface area contributed by atoms with E-state index >= 15 is 0 Å². The lowest BCUT2D eigenvalue weighted by Gasteiger charge is -2.44. The minimum atomic E-state index is -1.83. The molecular weight excluding hydrogens is 696 g/mol. The molecule has 0 aromatic heterocycles. The molecule has 55 heavy (non-hydrogen) atoms. The zero-order valence-electron chi connectivity index (χ0n) is 29.6. The quantitative estimate of drug-likeness (QED) is 0.0781. The molecule has 0 unspecified atom stereocenters. The van der Waals surface area contributed by atoms with Gasteiger partial charge in [0.25, 0.3) is 0 Å². The highest BCUT2D eigenvalue weighted by molar-refractivity contribution is 5.91. The molecule has 1 saturated heterocycles. The smallest absolute Gasteiger partial charge is 0.338 e. The van der Waals surface area contributed by atoms with Gasteiger partial charge in [-0.2, -0.15) is 0 Å². The van der Waals surface area contributed by atoms with Crippen LogP contribution in [-0.2, 0) is 29.3 Å². The van der Waals surface area contributed by atoms with E-state index in [1.807, 2.05) is 91.0 Å². The van der Waals surface area contributed by atoms with Gasteiger partial charge in [0, 0.05) is 0 Å². The summed E-state index contributed by atoms with van der Waals surface area (Å²) in [5, 5.41) is 11.7. The largest absolute Gasteiger partial charge is 0.452 e. The number of aliphatic hydroxyl groups excluding tert-OH is 1. The fourth-order valence-electron chi connectivity index (χ4n) is 6.70. The fraction of sp³-hybridized carbons (Fsp3) is 0.152. The Bertz CT molecular complexity index is 2050. The number of hydrogen-bond donors (Lipinski definition) is 1. The van der Waals surface area contributed by atoms with E-state index in [2.05, 4.69) is 0 Å². The average molecular weight is 735 g/mol. The Hall–Kier alpha value is -6.39. The lowest BCUT2D eigenvalue weighted by molar-refractivity contribution is -0.289. The second kappa shape index (κ2) is 17.2. The zero-order chi connectivity index (χ0) is 38.0. The van der Waals surface area contributed by atoms with Crippen LogP contribution in [0.15, 0.2) is 182 Å². The highest BCUT2D eigenvalue weighted by Crippen LogP contribution is 2.41. The molecular formula is C46H38O9.